The average Bonchev–Trinajstić information content (AvgIpc) is 1.58. The van der Waals surface area contributed by atoms with Gasteiger partial charge in [-0.3, -0.25) is 62.5 Å². The molecule has 98 heavy (non-hydrogen) atoms. The molecule has 0 aromatic heterocycles. The number of hydrogen-bond donors (Lipinski definition) is 17. The van der Waals surface area contributed by atoms with Crippen molar-refractivity contribution >= 4 is 82.8 Å². The predicted molar refractivity (Wildman–Crippen MR) is 365 cm³/mol. The van der Waals surface area contributed by atoms with Gasteiger partial charge in [0.1, 0.15) is 72.5 Å². The number of nitrogens with one attached hydrogen (secondary N) is 10. The highest BCUT2D eigenvalue weighted by Gasteiger charge is 2.44. The molecule has 33 nitrogen and oxygen atoms in total. The molecule has 2 heterocycles. The zero-order chi connectivity index (χ0) is 74.4. The van der Waals surface area contributed by atoms with E-state index in [-0.39, 0.29) is 82.4 Å². The fourth-order valence-corrected chi connectivity index (χ4v) is 11.3. The van der Waals surface area contributed by atoms with Crippen LogP contribution in [0.2, 0.25) is 0 Å². The van der Waals surface area contributed by atoms with E-state index in [0.29, 0.717) is 45.1 Å². The molecule has 0 aromatic rings. The van der Waals surface area contributed by atoms with Gasteiger partial charge in [0.15, 0.2) is 5.96 Å². The lowest BCUT2D eigenvalue weighted by molar-refractivity contribution is -0.144. The van der Waals surface area contributed by atoms with Crippen LogP contribution in [0.3, 0.4) is 0 Å². The van der Waals surface area contributed by atoms with Crippen molar-refractivity contribution in [3.8, 4) is 0 Å². The van der Waals surface area contributed by atoms with Crippen LogP contribution >= 0.6 is 0 Å². The summed E-state index contributed by atoms with van der Waals surface area (Å²) < 4.78 is 0. The first-order valence-corrected chi connectivity index (χ1v) is 34.6. The van der Waals surface area contributed by atoms with E-state index in [9.17, 15) is 77.6 Å². The Hall–Kier alpha value is -7.78. The Balaban J connectivity index is 2.28. The molecule has 0 aliphatic carbocycles. The molecule has 0 bridgehead atoms. The molecular weight excluding hydrogens is 1270 g/mol. The van der Waals surface area contributed by atoms with Gasteiger partial charge in [0.25, 0.3) is 0 Å². The summed E-state index contributed by atoms with van der Waals surface area (Å²) in [5.41, 5.74) is 22.6. The highest BCUT2D eigenvalue weighted by Crippen LogP contribution is 2.24. The number of aliphatic imine (C=N–C) groups is 1. The van der Waals surface area contributed by atoms with Gasteiger partial charge >= 0.3 is 5.97 Å². The van der Waals surface area contributed by atoms with Gasteiger partial charge in [-0.25, -0.2) is 4.79 Å². The van der Waals surface area contributed by atoms with Gasteiger partial charge in [0, 0.05) is 19.6 Å². The van der Waals surface area contributed by atoms with Crippen molar-refractivity contribution in [2.24, 2.45) is 63.4 Å². The van der Waals surface area contributed by atoms with Gasteiger partial charge in [-0.05, 0) is 113 Å². The summed E-state index contributed by atoms with van der Waals surface area (Å²) in [4.78, 5) is 186. The van der Waals surface area contributed by atoms with Crippen LogP contribution in [-0.4, -0.2) is 226 Å². The van der Waals surface area contributed by atoms with Gasteiger partial charge in [0.2, 0.25) is 70.9 Å². The van der Waals surface area contributed by atoms with E-state index in [1.165, 1.54) is 16.7 Å². The molecule has 12 amide bonds. The van der Waals surface area contributed by atoms with E-state index in [0.717, 1.165) is 0 Å². The Morgan fingerprint density at radius 1 is 0.469 bits per heavy atom. The number of hydrogen-bond acceptors (Lipinski definition) is 18. The Bertz CT molecular complexity index is 2710. The van der Waals surface area contributed by atoms with Crippen molar-refractivity contribution in [3.05, 3.63) is 0 Å². The maximum atomic E-state index is 14.6. The molecule has 558 valence electrons. The minimum atomic E-state index is -1.60. The molecule has 2 aliphatic rings. The molecule has 33 heteroatoms. The number of rotatable bonds is 43. The predicted octanol–water partition coefficient (Wildman–Crippen LogP) is -3.09. The summed E-state index contributed by atoms with van der Waals surface area (Å²) >= 11 is 0. The first kappa shape index (κ1) is 86.3. The number of unbranched alkanes of at least 4 members (excludes halogenated alkanes) is 1. The summed E-state index contributed by atoms with van der Waals surface area (Å²) in [5, 5.41) is 56.3. The molecular formula is C65H117N17O16. The number of aliphatic hydroxyl groups is 2. The molecule has 0 aromatic carbocycles. The quantitative estimate of drug-likeness (QED) is 0.0163. The number of amides is 12. The highest BCUT2D eigenvalue weighted by atomic mass is 16.4. The Kier molecular flexibility index (Phi) is 37.8. The molecule has 0 unspecified atom stereocenters. The number of carbonyl (C=O) groups is 13. The molecule has 2 aliphatic heterocycles. The van der Waals surface area contributed by atoms with Crippen molar-refractivity contribution in [1.29, 1.82) is 0 Å². The second-order valence-corrected chi connectivity index (χ2v) is 27.4. The number of carboxylic acids is 1. The molecule has 0 saturated carbocycles. The van der Waals surface area contributed by atoms with Crippen LogP contribution < -0.4 is 76.1 Å². The molecule has 2 saturated heterocycles. The number of carboxylic acid groups (broad SMARTS) is 1. The van der Waals surface area contributed by atoms with Crippen LogP contribution in [0.1, 0.15) is 173 Å². The molecule has 2 fully saturated rings. The third-order valence-electron chi connectivity index (χ3n) is 17.7. The number of aliphatic carboxylic acids is 1. The molecule has 0 spiro atoms. The summed E-state index contributed by atoms with van der Waals surface area (Å²) in [6, 6.07) is -16.4. The van der Waals surface area contributed by atoms with Crippen LogP contribution in [0.15, 0.2) is 4.99 Å². The molecule has 2 rings (SSSR count). The van der Waals surface area contributed by atoms with Crippen molar-refractivity contribution in [1.82, 2.24) is 63.0 Å². The topological polar surface area (TPSA) is 526 Å². The van der Waals surface area contributed by atoms with E-state index < -0.39 is 192 Å². The molecule has 21 N–H and O–H groups in total. The van der Waals surface area contributed by atoms with E-state index in [1.54, 1.807) is 83.1 Å². The van der Waals surface area contributed by atoms with E-state index in [4.69, 9.17) is 22.9 Å². The van der Waals surface area contributed by atoms with E-state index in [1.807, 2.05) is 0 Å². The van der Waals surface area contributed by atoms with E-state index in [2.05, 4.69) is 58.2 Å². The number of guanidine groups is 1. The summed E-state index contributed by atoms with van der Waals surface area (Å²) in [5.74, 6) is -13.1. The van der Waals surface area contributed by atoms with Gasteiger partial charge in [-0.1, -0.05) is 102 Å². The lowest BCUT2D eigenvalue weighted by atomic mass is 9.95. The Morgan fingerprint density at radius 2 is 0.888 bits per heavy atom. The zero-order valence-corrected chi connectivity index (χ0v) is 59.7. The number of nitrogens with two attached hydrogens (primary N) is 4. The number of aliphatic hydroxyl groups excluding tert-OH is 2. The first-order chi connectivity index (χ1) is 46.0. The van der Waals surface area contributed by atoms with Crippen LogP contribution in [-0.2, 0) is 62.3 Å². The molecule has 0 radical (unpaired) electrons. The minimum absolute atomic E-state index is 0.0562. The first-order valence-electron chi connectivity index (χ1n) is 34.6. The Labute approximate surface area is 576 Å². The largest absolute Gasteiger partial charge is 0.480 e. The van der Waals surface area contributed by atoms with Crippen molar-refractivity contribution < 1.29 is 77.6 Å². The maximum absolute atomic E-state index is 14.6. The normalized spacial score (nSPS) is 18.6. The summed E-state index contributed by atoms with van der Waals surface area (Å²) in [6.07, 6.45) is 3.62. The number of carbonyl (C=O) groups excluding carboxylic acids is 12. The van der Waals surface area contributed by atoms with Gasteiger partial charge in [0.05, 0.1) is 19.3 Å². The lowest BCUT2D eigenvalue weighted by Gasteiger charge is -2.34. The standard InChI is InChI=1S/C65H117N17O16/c1-14-37(11)50(79-54(87)41(22-18-26-70-65(68)69)72-56(89)44(31-83)75-53(86)40(67)21-16-17-25-66)61(94)78-49(36(9)10)62(95)81-27-19-23-46(81)58(91)71-39(13)52(85)80-51(38(12)15-2)63(96)82-28-20-24-47(82)59(92)77-48(35(7)8)60(93)76-45(32-84)57(90)73-42(29-33(3)4)55(88)74-43(64(97)98)30-34(5)6/h33-51,83-84H,14-32,66-67H2,1-13H3,(H,71,91)(H,72,89)(H,73,90)(H,74,88)(H,75,86)(H,76,93)(H,77,92)(H,78,94)(H,79,87)(H,80,85)(H,97,98)(H4,68,69,70)/t37-,38-,39-,40-,41-,42-,43-,44-,45-,46-,47-,48-,49-,50-,51-/m0/s1. The highest BCUT2D eigenvalue weighted by molar-refractivity contribution is 6.00. The molecule has 15 atom stereocenters. The second kappa shape index (κ2) is 42.9. The monoisotopic (exact) mass is 1390 g/mol. The van der Waals surface area contributed by atoms with Gasteiger partial charge < -0.3 is 101 Å². The van der Waals surface area contributed by atoms with Crippen molar-refractivity contribution in [2.75, 3.05) is 39.4 Å². The maximum Gasteiger partial charge on any atom is 0.326 e. The average molecular weight is 1390 g/mol. The third-order valence-corrected chi connectivity index (χ3v) is 17.7. The third kappa shape index (κ3) is 27.5. The SMILES string of the molecule is CC[C@H](C)[C@H](NC(=O)[C@H](CCCN=C(N)N)NC(=O)[C@H](CO)NC(=O)[C@@H](N)CCCCN)C(=O)N[C@H](C(=O)N1CCC[C@H]1C(=O)N[C@@H](C)C(=O)N[C@H](C(=O)N1CCC[C@H]1C(=O)N[C@H](C(=O)N[C@@H](CO)C(=O)N[C@@H](CC(C)C)C(=O)N[C@@H](CC(C)C)C(=O)O)C(C)C)[C@@H](C)CC)C(C)C. The minimum Gasteiger partial charge on any atom is -0.480 e. The van der Waals surface area contributed by atoms with Gasteiger partial charge in [-0.2, -0.15) is 0 Å². The summed E-state index contributed by atoms with van der Waals surface area (Å²) in [7, 11) is 0. The van der Waals surface area contributed by atoms with Gasteiger partial charge in [-0.15, -0.1) is 0 Å². The number of likely N-dealkylation sites (tertiary alicyclic amines) is 2. The smallest absolute Gasteiger partial charge is 0.326 e. The van der Waals surface area contributed by atoms with Crippen molar-refractivity contribution in [3.63, 3.8) is 0 Å². The van der Waals surface area contributed by atoms with Crippen LogP contribution in [0.5, 0.6) is 0 Å². The fraction of sp³-hybridized carbons (Fsp3) is 0.785. The van der Waals surface area contributed by atoms with Crippen molar-refractivity contribution in [2.45, 2.75) is 252 Å². The van der Waals surface area contributed by atoms with Crippen LogP contribution in [0, 0.1) is 35.5 Å². The van der Waals surface area contributed by atoms with E-state index >= 15 is 0 Å². The van der Waals surface area contributed by atoms with Crippen LogP contribution in [0.25, 0.3) is 0 Å². The van der Waals surface area contributed by atoms with Crippen LogP contribution in [0.4, 0.5) is 0 Å². The second-order valence-electron chi connectivity index (χ2n) is 27.4. The number of nitrogens with zero attached hydrogens (tertiary/aromatic N) is 3. The Morgan fingerprint density at radius 3 is 1.37 bits per heavy atom. The lowest BCUT2D eigenvalue weighted by Crippen LogP contribution is -2.62. The zero-order valence-electron chi connectivity index (χ0n) is 59.7. The fourth-order valence-electron chi connectivity index (χ4n) is 11.3. The summed E-state index contributed by atoms with van der Waals surface area (Å²) in [6.45, 7) is 21.1.